The van der Waals surface area contributed by atoms with Crippen molar-refractivity contribution in [1.82, 2.24) is 36.5 Å². The SMILES string of the molecule is Cc1ccc(CCn2c(=O)ccn([C@@H]3O[C@H](COP(=O)(O)OP(=O)(O)O)C(O)[C@@H]3O)c2=O)cc1.Cc1cccc(CCn2c(=O)ccn([C@@H]3O[C@H](COP(=O)(O)OP(=O)(O)O)C(O)[C@@H]3O)c2=O)c1.Cc1ccccc1CCn1c(=O)ccn([C@@H]2O[C@H](COP(=O)(O)OP(=O)(O)O)C(O)[C@@H]2O)c1=O.O=c1ccn([C@@H]2O[C@H](COP(=O)(O)OP(=O)(O)O)C(O)[C@@H]2O)c(=O)n1CCc1ccccc1Cl. The molecule has 8 heterocycles. The lowest BCUT2D eigenvalue weighted by atomic mass is 10.1. The fourth-order valence-electron chi connectivity index (χ4n) is 13.6. The summed E-state index contributed by atoms with van der Waals surface area (Å²) in [7, 11) is -42.3. The Morgan fingerprint density at radius 3 is 0.868 bits per heavy atom. The van der Waals surface area contributed by atoms with E-state index in [9.17, 15) is 135 Å². The number of benzene rings is 4. The summed E-state index contributed by atoms with van der Waals surface area (Å²) in [5.74, 6) is 0. The molecular weight excluding hydrogens is 2020 g/mol. The van der Waals surface area contributed by atoms with Crippen molar-refractivity contribution < 1.29 is 190 Å². The normalized spacial score (nSPS) is 24.8. The van der Waals surface area contributed by atoms with Crippen molar-refractivity contribution in [3.05, 3.63) is 273 Å². The second-order valence-corrected chi connectivity index (χ2v) is 41.7. The minimum Gasteiger partial charge on any atom is -0.387 e. The maximum atomic E-state index is 12.9. The lowest BCUT2D eigenvalue weighted by Gasteiger charge is -2.19. The number of nitrogens with zero attached hydrogens (tertiary/aromatic N) is 8. The molecule has 56 nitrogen and oxygen atoms in total. The predicted molar refractivity (Wildman–Crippen MR) is 459 cm³/mol. The highest BCUT2D eigenvalue weighted by molar-refractivity contribution is 7.62. The molecule has 8 unspecified atom stereocenters. The number of aliphatic hydroxyl groups excluding tert-OH is 8. The van der Waals surface area contributed by atoms with E-state index in [1.165, 1.54) is 0 Å². The maximum absolute atomic E-state index is 12.9. The molecule has 0 amide bonds. The van der Waals surface area contributed by atoms with Gasteiger partial charge in [0.25, 0.3) is 22.2 Å². The zero-order chi connectivity index (χ0) is 101. The van der Waals surface area contributed by atoms with Crippen molar-refractivity contribution in [3.8, 4) is 0 Å². The van der Waals surface area contributed by atoms with E-state index < -0.39 is 232 Å². The van der Waals surface area contributed by atoms with Gasteiger partial charge >= 0.3 is 85.3 Å². The molecule has 0 aliphatic carbocycles. The van der Waals surface area contributed by atoms with Gasteiger partial charge in [-0.3, -0.25) is 73.8 Å². The molecule has 136 heavy (non-hydrogen) atoms. The molecule has 20 atom stereocenters. The summed E-state index contributed by atoms with van der Waals surface area (Å²) >= 11 is 6.10. The Morgan fingerprint density at radius 2 is 0.581 bits per heavy atom. The molecule has 0 radical (unpaired) electrons. The third-order valence-electron chi connectivity index (χ3n) is 20.2. The van der Waals surface area contributed by atoms with Crippen molar-refractivity contribution in [2.75, 3.05) is 26.4 Å². The molecule has 4 aromatic carbocycles. The monoisotopic (exact) mass is 2110 g/mol. The van der Waals surface area contributed by atoms with Gasteiger partial charge in [0, 0.05) is 80.3 Å². The zero-order valence-electron chi connectivity index (χ0n) is 70.5. The Bertz CT molecular complexity index is 6280. The highest BCUT2D eigenvalue weighted by atomic mass is 35.5. The van der Waals surface area contributed by atoms with E-state index in [2.05, 4.69) is 35.3 Å². The minimum absolute atomic E-state index is 0.0346. The number of phosphoric acid groups is 8. The van der Waals surface area contributed by atoms with Crippen molar-refractivity contribution in [2.24, 2.45) is 0 Å². The standard InChI is InChI=1S/3C18H24N2O12P2.C17H21ClN2O12P2/c1-11-2-4-12(5-3-11)6-8-19-14(21)7-9-20(18(19)24)17-16(23)15(22)13(31-17)10-30-34(28,29)32-33(25,26)27;1-11-3-2-4-12(9-11)5-7-19-14(21)6-8-20(18(19)24)17-16(23)15(22)13(31-17)10-30-34(28,29)32-33(25,26)27;1-11-4-2-3-5-12(11)6-8-19-14(21)7-9-20(18(19)24)17-16(23)15(22)13(31-17)10-30-34(28,29)32-33(25,26)27;18-11-4-2-1-3-10(11)5-7-19-13(21)6-8-20(17(19)24)16-15(23)14(22)12(31-16)9-30-34(28,29)32-33(25,26)27/h2-5,7,9,13,15-17,22-23H,6,8,10H2,1H3,(H,28,29)(H2,25,26,27);2-4,6,8-9,13,15-17,22-23H,5,7,10H2,1H3,(H,28,29)(H2,25,26,27);2-5,7,9,13,15-17,22-23H,6,8,10H2,1H3,(H,28,29)(H2,25,26,27);1-4,6,8,12,14-16,22-23H,5,7,9H2,(H,28,29)(H2,25,26,27)/t3*13-,15?,16+,17-;12-,14?,15+,16-/m1111/s1. The smallest absolute Gasteiger partial charge is 0.387 e. The van der Waals surface area contributed by atoms with Gasteiger partial charge in [0.2, 0.25) is 0 Å². The maximum Gasteiger partial charge on any atom is 0.481 e. The second-order valence-electron chi connectivity index (χ2n) is 30.0. The summed E-state index contributed by atoms with van der Waals surface area (Å²) in [5, 5.41) is 82.7. The van der Waals surface area contributed by atoms with Crippen LogP contribution in [0.15, 0.2) is 184 Å². The van der Waals surface area contributed by atoms with Gasteiger partial charge in [-0.05, 0) is 80.3 Å². The first kappa shape index (κ1) is 112. The number of rotatable bonds is 36. The van der Waals surface area contributed by atoms with E-state index in [4.69, 9.17) is 69.7 Å². The van der Waals surface area contributed by atoms with Crippen molar-refractivity contribution in [2.45, 2.75) is 171 Å². The van der Waals surface area contributed by atoms with Crippen LogP contribution in [0.5, 0.6) is 0 Å². The number of ether oxygens (including phenoxy) is 4. The zero-order valence-corrected chi connectivity index (χ0v) is 78.4. The van der Waals surface area contributed by atoms with E-state index in [1.807, 2.05) is 93.6 Å². The summed E-state index contributed by atoms with van der Waals surface area (Å²) in [4.78, 5) is 207. The number of aromatic nitrogens is 8. The number of hydrogen-bond donors (Lipinski definition) is 20. The summed E-state index contributed by atoms with van der Waals surface area (Å²) in [5.41, 5.74) is 0.748. The van der Waals surface area contributed by atoms with Gasteiger partial charge in [-0.1, -0.05) is 114 Å². The predicted octanol–water partition coefficient (Wildman–Crippen LogP) is -2.03. The van der Waals surface area contributed by atoms with Crippen LogP contribution in [-0.4, -0.2) is 236 Å². The Kier molecular flexibility index (Phi) is 38.6. The summed E-state index contributed by atoms with van der Waals surface area (Å²) in [6, 6.07) is 33.6. The molecule has 4 aliphatic rings. The summed E-state index contributed by atoms with van der Waals surface area (Å²) in [6.45, 7) is 2.12. The average Bonchev–Trinajstić information content (AvgIpc) is 1.69. The van der Waals surface area contributed by atoms with Gasteiger partial charge < -0.3 is 119 Å². The van der Waals surface area contributed by atoms with E-state index in [0.717, 1.165) is 119 Å². The lowest BCUT2D eigenvalue weighted by Crippen LogP contribution is -2.43. The van der Waals surface area contributed by atoms with Gasteiger partial charge in [0.15, 0.2) is 24.9 Å². The molecule has 4 fully saturated rings. The Balaban J connectivity index is 0.000000203. The molecule has 0 bridgehead atoms. The number of halogens is 1. The molecule has 0 spiro atoms. The average molecular weight is 2110 g/mol. The number of aliphatic hydroxyl groups is 8. The first-order chi connectivity index (χ1) is 63.1. The first-order valence-electron chi connectivity index (χ1n) is 39.3. The summed E-state index contributed by atoms with van der Waals surface area (Å²) in [6.07, 6.45) is -19.9. The third kappa shape index (κ3) is 31.7. The van der Waals surface area contributed by atoms with E-state index in [-0.39, 0.29) is 32.6 Å². The molecule has 8 aromatic rings. The molecule has 12 rings (SSSR count). The van der Waals surface area contributed by atoms with Crippen LogP contribution >= 0.6 is 74.2 Å². The van der Waals surface area contributed by atoms with Crippen LogP contribution in [0, 0.1) is 20.8 Å². The van der Waals surface area contributed by atoms with Crippen molar-refractivity contribution in [3.63, 3.8) is 0 Å². The first-order valence-corrected chi connectivity index (χ1v) is 51.8. The van der Waals surface area contributed by atoms with Crippen LogP contribution < -0.4 is 45.0 Å². The Morgan fingerprint density at radius 1 is 0.309 bits per heavy atom. The molecule has 752 valence electrons. The Labute approximate surface area is 768 Å². The quantitative estimate of drug-likeness (QED) is 0.0188. The molecule has 4 aromatic heterocycles. The molecule has 65 heteroatoms. The van der Waals surface area contributed by atoms with E-state index in [1.54, 1.807) is 24.3 Å². The van der Waals surface area contributed by atoms with E-state index in [0.29, 0.717) is 29.8 Å². The molecular formula is C71H93ClN8O48P8. The lowest BCUT2D eigenvalue weighted by molar-refractivity contribution is -0.0548. The topological polar surface area (TPSA) is 828 Å². The molecule has 0 saturated carbocycles. The number of aryl methyl sites for hydroxylation is 7. The van der Waals surface area contributed by atoms with Gasteiger partial charge in [-0.25, -0.2) is 55.7 Å². The van der Waals surface area contributed by atoms with Crippen LogP contribution in [-0.2, 0) is 143 Å². The fourth-order valence-corrected chi connectivity index (χ4v) is 20.2. The highest BCUT2D eigenvalue weighted by Crippen LogP contribution is 2.61. The molecule has 20 N–H and O–H groups in total. The molecule has 4 saturated heterocycles. The number of hydrogen-bond acceptors (Lipinski definition) is 36. The van der Waals surface area contributed by atoms with E-state index >= 15 is 0 Å². The van der Waals surface area contributed by atoms with Crippen LogP contribution in [0.2, 0.25) is 5.02 Å². The van der Waals surface area contributed by atoms with Crippen molar-refractivity contribution >= 4 is 74.2 Å². The van der Waals surface area contributed by atoms with Gasteiger partial charge in [-0.2, -0.15) is 17.2 Å². The highest BCUT2D eigenvalue weighted by Gasteiger charge is 2.51. The van der Waals surface area contributed by atoms with Gasteiger partial charge in [-0.15, -0.1) is 0 Å². The summed E-state index contributed by atoms with van der Waals surface area (Å²) < 4.78 is 150. The Hall–Kier alpha value is -7.55. The van der Waals surface area contributed by atoms with Crippen LogP contribution in [0.25, 0.3) is 0 Å². The third-order valence-corrected chi connectivity index (χ3v) is 29.1. The minimum atomic E-state index is -5.36. The van der Waals surface area contributed by atoms with Crippen LogP contribution in [0.1, 0.15) is 63.9 Å². The van der Waals surface area contributed by atoms with Crippen molar-refractivity contribution in [1.29, 1.82) is 0 Å². The van der Waals surface area contributed by atoms with Crippen LogP contribution in [0.4, 0.5) is 0 Å². The van der Waals surface area contributed by atoms with Gasteiger partial charge in [0.1, 0.15) is 73.2 Å². The molecule has 4 aliphatic heterocycles. The second kappa shape index (κ2) is 46.9. The number of phosphoric ester groups is 4. The fraction of sp³-hybridized carbons (Fsp3) is 0.437. The van der Waals surface area contributed by atoms with Crippen LogP contribution in [0.3, 0.4) is 0 Å². The largest absolute Gasteiger partial charge is 0.481 e. The van der Waals surface area contributed by atoms with Gasteiger partial charge in [0.05, 0.1) is 26.4 Å².